The first kappa shape index (κ1) is 15.2. The summed E-state index contributed by atoms with van der Waals surface area (Å²) < 4.78 is 5.06. The zero-order chi connectivity index (χ0) is 14.3. The molecule has 1 aromatic rings. The van der Waals surface area contributed by atoms with Crippen LogP contribution in [-0.2, 0) is 9.59 Å². The van der Waals surface area contributed by atoms with Crippen LogP contribution in [0.4, 0.5) is 0 Å². The Bertz CT molecular complexity index is 440. The van der Waals surface area contributed by atoms with E-state index in [1.165, 1.54) is 7.11 Å². The summed E-state index contributed by atoms with van der Waals surface area (Å²) in [6, 6.07) is 6.68. The maximum absolute atomic E-state index is 12.0. The number of hydrogen-bond donors (Lipinski definition) is 1. The van der Waals surface area contributed by atoms with Crippen LogP contribution in [0.25, 0.3) is 0 Å². The second-order valence-electron chi connectivity index (χ2n) is 4.47. The number of aliphatic carboxylic acids is 1. The Morgan fingerprint density at radius 3 is 2.63 bits per heavy atom. The Morgan fingerprint density at radius 1 is 1.32 bits per heavy atom. The van der Waals surface area contributed by atoms with Crippen molar-refractivity contribution in [2.24, 2.45) is 0 Å². The minimum atomic E-state index is -1.10. The third-order valence-corrected chi connectivity index (χ3v) is 3.02. The number of ether oxygens (including phenoxy) is 1. The monoisotopic (exact) mass is 264 g/mol. The quantitative estimate of drug-likeness (QED) is 0.579. The molecule has 104 valence electrons. The SMILES string of the molecule is CCCCCC(=O)C(C(=O)O)c1cccc(OC)c1. The molecule has 1 atom stereocenters. The lowest BCUT2D eigenvalue weighted by Crippen LogP contribution is -2.21. The predicted molar refractivity (Wildman–Crippen MR) is 72.5 cm³/mol. The summed E-state index contributed by atoms with van der Waals surface area (Å²) in [7, 11) is 1.51. The predicted octanol–water partition coefficient (Wildman–Crippen LogP) is 3.01. The summed E-state index contributed by atoms with van der Waals surface area (Å²) in [4.78, 5) is 23.4. The van der Waals surface area contributed by atoms with Crippen LogP contribution in [0.1, 0.15) is 44.1 Å². The van der Waals surface area contributed by atoms with Crippen LogP contribution < -0.4 is 4.74 Å². The maximum atomic E-state index is 12.0. The van der Waals surface area contributed by atoms with Crippen molar-refractivity contribution in [3.8, 4) is 5.75 Å². The van der Waals surface area contributed by atoms with Crippen molar-refractivity contribution in [3.63, 3.8) is 0 Å². The standard InChI is InChI=1S/C15H20O4/c1-3-4-5-9-13(16)14(15(17)18)11-7-6-8-12(10-11)19-2/h6-8,10,14H,3-5,9H2,1-2H3,(H,17,18). The van der Waals surface area contributed by atoms with Crippen molar-refractivity contribution in [1.29, 1.82) is 0 Å². The number of rotatable bonds is 8. The molecule has 0 aliphatic rings. The van der Waals surface area contributed by atoms with Gasteiger partial charge in [-0.2, -0.15) is 0 Å². The molecule has 0 bridgehead atoms. The van der Waals surface area contributed by atoms with Crippen LogP contribution in [-0.4, -0.2) is 24.0 Å². The molecular weight excluding hydrogens is 244 g/mol. The summed E-state index contributed by atoms with van der Waals surface area (Å²) in [5, 5.41) is 9.26. The third-order valence-electron chi connectivity index (χ3n) is 3.02. The van der Waals surface area contributed by atoms with Gasteiger partial charge in [-0.05, 0) is 24.1 Å². The molecule has 0 heterocycles. The number of hydrogen-bond acceptors (Lipinski definition) is 3. The van der Waals surface area contributed by atoms with Gasteiger partial charge in [-0.25, -0.2) is 0 Å². The van der Waals surface area contributed by atoms with Gasteiger partial charge in [0.15, 0.2) is 5.78 Å². The highest BCUT2D eigenvalue weighted by Gasteiger charge is 2.27. The lowest BCUT2D eigenvalue weighted by atomic mass is 9.91. The van der Waals surface area contributed by atoms with E-state index in [9.17, 15) is 14.7 Å². The van der Waals surface area contributed by atoms with Gasteiger partial charge in [0.2, 0.25) is 0 Å². The van der Waals surface area contributed by atoms with E-state index in [4.69, 9.17) is 4.74 Å². The highest BCUT2D eigenvalue weighted by molar-refractivity contribution is 6.03. The fraction of sp³-hybridized carbons (Fsp3) is 0.467. The van der Waals surface area contributed by atoms with Gasteiger partial charge in [-0.1, -0.05) is 31.9 Å². The molecular formula is C15H20O4. The van der Waals surface area contributed by atoms with Crippen LogP contribution >= 0.6 is 0 Å². The normalized spacial score (nSPS) is 11.9. The number of ketones is 1. The zero-order valence-corrected chi connectivity index (χ0v) is 11.4. The van der Waals surface area contributed by atoms with E-state index in [-0.39, 0.29) is 5.78 Å². The van der Waals surface area contributed by atoms with Crippen molar-refractivity contribution in [2.45, 2.75) is 38.5 Å². The van der Waals surface area contributed by atoms with E-state index < -0.39 is 11.9 Å². The maximum Gasteiger partial charge on any atom is 0.318 e. The van der Waals surface area contributed by atoms with Crippen molar-refractivity contribution in [3.05, 3.63) is 29.8 Å². The van der Waals surface area contributed by atoms with Crippen LogP contribution in [0.15, 0.2) is 24.3 Å². The van der Waals surface area contributed by atoms with Crippen LogP contribution in [0.2, 0.25) is 0 Å². The van der Waals surface area contributed by atoms with E-state index in [0.29, 0.717) is 17.7 Å². The molecule has 0 saturated carbocycles. The molecule has 4 heteroatoms. The van der Waals surface area contributed by atoms with Crippen molar-refractivity contribution >= 4 is 11.8 Å². The Morgan fingerprint density at radius 2 is 2.05 bits per heavy atom. The number of carbonyl (C=O) groups excluding carboxylic acids is 1. The molecule has 0 aliphatic carbocycles. The highest BCUT2D eigenvalue weighted by atomic mass is 16.5. The fourth-order valence-electron chi connectivity index (χ4n) is 1.98. The average molecular weight is 264 g/mol. The molecule has 1 rings (SSSR count). The van der Waals surface area contributed by atoms with E-state index in [0.717, 1.165) is 19.3 Å². The summed E-state index contributed by atoms with van der Waals surface area (Å²) in [6.45, 7) is 2.04. The Kier molecular flexibility index (Phi) is 6.06. The molecule has 0 aliphatic heterocycles. The number of carboxylic acids is 1. The van der Waals surface area contributed by atoms with Crippen LogP contribution in [0.5, 0.6) is 5.75 Å². The minimum Gasteiger partial charge on any atom is -0.497 e. The molecule has 19 heavy (non-hydrogen) atoms. The van der Waals surface area contributed by atoms with E-state index >= 15 is 0 Å². The molecule has 1 aromatic carbocycles. The van der Waals surface area contributed by atoms with Gasteiger partial charge in [0.25, 0.3) is 0 Å². The molecule has 0 aromatic heterocycles. The van der Waals surface area contributed by atoms with Gasteiger partial charge in [-0.15, -0.1) is 0 Å². The first-order valence-corrected chi connectivity index (χ1v) is 6.49. The molecule has 4 nitrogen and oxygen atoms in total. The average Bonchev–Trinajstić information content (AvgIpc) is 2.39. The third kappa shape index (κ3) is 4.39. The molecule has 0 saturated heterocycles. The number of unbranched alkanes of at least 4 members (excludes halogenated alkanes) is 2. The second kappa shape index (κ2) is 7.56. The number of carbonyl (C=O) groups is 2. The lowest BCUT2D eigenvalue weighted by molar-refractivity contribution is -0.142. The molecule has 0 amide bonds. The van der Waals surface area contributed by atoms with Gasteiger partial charge in [0, 0.05) is 6.42 Å². The number of methoxy groups -OCH3 is 1. The Hall–Kier alpha value is -1.84. The van der Waals surface area contributed by atoms with E-state index in [2.05, 4.69) is 0 Å². The van der Waals surface area contributed by atoms with Crippen LogP contribution in [0.3, 0.4) is 0 Å². The topological polar surface area (TPSA) is 63.6 Å². The number of carboxylic acid groups (broad SMARTS) is 1. The first-order valence-electron chi connectivity index (χ1n) is 6.49. The summed E-state index contributed by atoms with van der Waals surface area (Å²) in [6.07, 6.45) is 2.99. The van der Waals surface area contributed by atoms with E-state index in [1.807, 2.05) is 6.92 Å². The smallest absolute Gasteiger partial charge is 0.318 e. The first-order chi connectivity index (χ1) is 9.10. The number of Topliss-reactive ketones (excluding diaryl/α,β-unsaturated/α-hetero) is 1. The van der Waals surface area contributed by atoms with Gasteiger partial charge in [0.05, 0.1) is 7.11 Å². The molecule has 1 unspecified atom stereocenters. The molecule has 0 spiro atoms. The van der Waals surface area contributed by atoms with Crippen LogP contribution in [0, 0.1) is 0 Å². The Balaban J connectivity index is 2.87. The van der Waals surface area contributed by atoms with Gasteiger partial charge < -0.3 is 9.84 Å². The second-order valence-corrected chi connectivity index (χ2v) is 4.47. The molecule has 0 radical (unpaired) electrons. The summed E-state index contributed by atoms with van der Waals surface area (Å²) >= 11 is 0. The minimum absolute atomic E-state index is 0.241. The fourth-order valence-corrected chi connectivity index (χ4v) is 1.98. The lowest BCUT2D eigenvalue weighted by Gasteiger charge is -2.12. The summed E-state index contributed by atoms with van der Waals surface area (Å²) in [5.41, 5.74) is 0.480. The Labute approximate surface area is 113 Å². The van der Waals surface area contributed by atoms with E-state index in [1.54, 1.807) is 24.3 Å². The largest absolute Gasteiger partial charge is 0.497 e. The van der Waals surface area contributed by atoms with Crippen molar-refractivity contribution < 1.29 is 19.4 Å². The van der Waals surface area contributed by atoms with Gasteiger partial charge in [-0.3, -0.25) is 9.59 Å². The zero-order valence-electron chi connectivity index (χ0n) is 11.4. The molecule has 0 fully saturated rings. The molecule has 1 N–H and O–H groups in total. The van der Waals surface area contributed by atoms with Crippen molar-refractivity contribution in [2.75, 3.05) is 7.11 Å². The van der Waals surface area contributed by atoms with Crippen molar-refractivity contribution in [1.82, 2.24) is 0 Å². The van der Waals surface area contributed by atoms with Gasteiger partial charge in [0.1, 0.15) is 11.7 Å². The highest BCUT2D eigenvalue weighted by Crippen LogP contribution is 2.24. The summed E-state index contributed by atoms with van der Waals surface area (Å²) in [5.74, 6) is -1.87. The number of benzene rings is 1. The van der Waals surface area contributed by atoms with Gasteiger partial charge >= 0.3 is 5.97 Å².